The minimum atomic E-state index is 0.332. The molecule has 2 N–H and O–H groups in total. The number of nitrogens with two attached hydrogens (primary N) is 1. The largest absolute Gasteiger partial charge is 0.496 e. The number of aryl methyl sites for hydroxylation is 1. The maximum atomic E-state index is 6.25. The van der Waals surface area contributed by atoms with Gasteiger partial charge in [0, 0.05) is 18.6 Å². The fraction of sp³-hybridized carbons (Fsp3) is 0.625. The van der Waals surface area contributed by atoms with Gasteiger partial charge in [0.15, 0.2) is 0 Å². The van der Waals surface area contributed by atoms with Crippen LogP contribution in [0.15, 0.2) is 18.2 Å². The van der Waals surface area contributed by atoms with E-state index in [1.165, 1.54) is 30.4 Å². The SMILES string of the molecule is COc1ccc(CN(C)C2CCCCC2N)cc1C. The molecule has 2 rings (SSSR count). The first-order chi connectivity index (χ1) is 9.11. The van der Waals surface area contributed by atoms with Crippen molar-refractivity contribution in [3.8, 4) is 5.75 Å². The van der Waals surface area contributed by atoms with E-state index < -0.39 is 0 Å². The van der Waals surface area contributed by atoms with Crippen LogP contribution in [0.5, 0.6) is 5.75 Å². The summed E-state index contributed by atoms with van der Waals surface area (Å²) in [7, 11) is 3.91. The van der Waals surface area contributed by atoms with Crippen molar-refractivity contribution in [1.82, 2.24) is 4.90 Å². The third-order valence-electron chi connectivity index (χ3n) is 4.24. The van der Waals surface area contributed by atoms with Crippen molar-refractivity contribution in [3.05, 3.63) is 29.3 Å². The summed E-state index contributed by atoms with van der Waals surface area (Å²) in [6, 6.07) is 7.27. The lowest BCUT2D eigenvalue weighted by Crippen LogP contribution is -2.47. The topological polar surface area (TPSA) is 38.5 Å². The summed E-state index contributed by atoms with van der Waals surface area (Å²) in [5, 5.41) is 0. The van der Waals surface area contributed by atoms with E-state index in [0.29, 0.717) is 12.1 Å². The molecule has 1 aliphatic carbocycles. The molecule has 0 aromatic heterocycles. The molecule has 0 heterocycles. The van der Waals surface area contributed by atoms with Crippen molar-refractivity contribution >= 4 is 0 Å². The maximum Gasteiger partial charge on any atom is 0.121 e. The quantitative estimate of drug-likeness (QED) is 0.906. The Balaban J connectivity index is 2.01. The number of hydrogen-bond donors (Lipinski definition) is 1. The van der Waals surface area contributed by atoms with Gasteiger partial charge in [-0.05, 0) is 44.0 Å². The van der Waals surface area contributed by atoms with Gasteiger partial charge in [-0.2, -0.15) is 0 Å². The standard InChI is InChI=1S/C16H26N2O/c1-12-10-13(8-9-16(12)19-3)11-18(2)15-7-5-4-6-14(15)17/h8-10,14-15H,4-7,11,17H2,1-3H3. The molecule has 106 valence electrons. The summed E-state index contributed by atoms with van der Waals surface area (Å²) in [6.07, 6.45) is 4.99. The Morgan fingerprint density at radius 3 is 2.68 bits per heavy atom. The molecule has 3 heteroatoms. The molecule has 0 spiro atoms. The van der Waals surface area contributed by atoms with Crippen molar-refractivity contribution in [1.29, 1.82) is 0 Å². The number of nitrogens with zero attached hydrogens (tertiary/aromatic N) is 1. The van der Waals surface area contributed by atoms with Gasteiger partial charge in [-0.15, -0.1) is 0 Å². The molecular formula is C16H26N2O. The van der Waals surface area contributed by atoms with Crippen molar-refractivity contribution in [2.24, 2.45) is 5.73 Å². The second-order valence-electron chi connectivity index (χ2n) is 5.73. The van der Waals surface area contributed by atoms with Gasteiger partial charge < -0.3 is 10.5 Å². The zero-order chi connectivity index (χ0) is 13.8. The number of methoxy groups -OCH3 is 1. The third-order valence-corrected chi connectivity index (χ3v) is 4.24. The normalized spacial score (nSPS) is 23.6. The number of hydrogen-bond acceptors (Lipinski definition) is 3. The average Bonchev–Trinajstić information content (AvgIpc) is 2.39. The lowest BCUT2D eigenvalue weighted by molar-refractivity contribution is 0.162. The van der Waals surface area contributed by atoms with Gasteiger partial charge in [0.05, 0.1) is 7.11 Å². The molecule has 1 saturated carbocycles. The number of benzene rings is 1. The molecule has 1 aromatic carbocycles. The molecule has 2 atom stereocenters. The molecule has 0 saturated heterocycles. The highest BCUT2D eigenvalue weighted by Crippen LogP contribution is 2.24. The average molecular weight is 262 g/mol. The predicted molar refractivity (Wildman–Crippen MR) is 79.4 cm³/mol. The van der Waals surface area contributed by atoms with Crippen LogP contribution < -0.4 is 10.5 Å². The van der Waals surface area contributed by atoms with Crippen molar-refractivity contribution < 1.29 is 4.74 Å². The van der Waals surface area contributed by atoms with E-state index in [-0.39, 0.29) is 0 Å². The molecule has 0 amide bonds. The summed E-state index contributed by atoms with van der Waals surface area (Å²) < 4.78 is 5.30. The molecule has 3 nitrogen and oxygen atoms in total. The van der Waals surface area contributed by atoms with Crippen LogP contribution in [-0.2, 0) is 6.54 Å². The molecule has 1 fully saturated rings. The van der Waals surface area contributed by atoms with Gasteiger partial charge in [0.25, 0.3) is 0 Å². The van der Waals surface area contributed by atoms with E-state index in [0.717, 1.165) is 18.7 Å². The van der Waals surface area contributed by atoms with Crippen molar-refractivity contribution in [3.63, 3.8) is 0 Å². The van der Waals surface area contributed by atoms with E-state index in [1.54, 1.807) is 7.11 Å². The first kappa shape index (κ1) is 14.4. The molecule has 0 radical (unpaired) electrons. The van der Waals surface area contributed by atoms with Gasteiger partial charge in [-0.1, -0.05) is 25.0 Å². The summed E-state index contributed by atoms with van der Waals surface area (Å²) in [6.45, 7) is 3.05. The van der Waals surface area contributed by atoms with Crippen LogP contribution in [0.2, 0.25) is 0 Å². The highest BCUT2D eigenvalue weighted by molar-refractivity contribution is 5.36. The summed E-state index contributed by atoms with van der Waals surface area (Å²) in [5.74, 6) is 0.959. The van der Waals surface area contributed by atoms with Crippen molar-refractivity contribution in [2.45, 2.75) is 51.2 Å². The maximum absolute atomic E-state index is 6.25. The highest BCUT2D eigenvalue weighted by Gasteiger charge is 2.25. The van der Waals surface area contributed by atoms with Crippen LogP contribution in [0.25, 0.3) is 0 Å². The molecule has 1 aromatic rings. The summed E-state index contributed by atoms with van der Waals surface area (Å²) >= 11 is 0. The number of ether oxygens (including phenoxy) is 1. The smallest absolute Gasteiger partial charge is 0.121 e. The van der Waals surface area contributed by atoms with Gasteiger partial charge in [0.2, 0.25) is 0 Å². The minimum Gasteiger partial charge on any atom is -0.496 e. The van der Waals surface area contributed by atoms with Crippen LogP contribution in [0.3, 0.4) is 0 Å². The zero-order valence-corrected chi connectivity index (χ0v) is 12.4. The van der Waals surface area contributed by atoms with Gasteiger partial charge in [-0.3, -0.25) is 4.90 Å². The van der Waals surface area contributed by atoms with Crippen molar-refractivity contribution in [2.75, 3.05) is 14.2 Å². The lowest BCUT2D eigenvalue weighted by atomic mass is 9.90. The Hall–Kier alpha value is -1.06. The van der Waals surface area contributed by atoms with E-state index >= 15 is 0 Å². The zero-order valence-electron chi connectivity index (χ0n) is 12.4. The molecule has 1 aliphatic rings. The fourth-order valence-electron chi connectivity index (χ4n) is 3.13. The fourth-order valence-corrected chi connectivity index (χ4v) is 3.13. The molecule has 19 heavy (non-hydrogen) atoms. The lowest BCUT2D eigenvalue weighted by Gasteiger charge is -2.36. The molecule has 2 unspecified atom stereocenters. The molecule has 0 aliphatic heterocycles. The Bertz CT molecular complexity index is 419. The second-order valence-corrected chi connectivity index (χ2v) is 5.73. The Kier molecular flexibility index (Phi) is 4.83. The van der Waals surface area contributed by atoms with Crippen LogP contribution in [0.4, 0.5) is 0 Å². The number of rotatable bonds is 4. The first-order valence-corrected chi connectivity index (χ1v) is 7.21. The van der Waals surface area contributed by atoms with Crippen LogP contribution in [-0.4, -0.2) is 31.1 Å². The van der Waals surface area contributed by atoms with Crippen LogP contribution >= 0.6 is 0 Å². The monoisotopic (exact) mass is 262 g/mol. The van der Waals surface area contributed by atoms with E-state index in [9.17, 15) is 0 Å². The number of likely N-dealkylation sites (N-methyl/N-ethyl adjacent to an activating group) is 1. The molecule has 0 bridgehead atoms. The van der Waals surface area contributed by atoms with E-state index in [2.05, 4.69) is 37.1 Å². The second kappa shape index (κ2) is 6.40. The van der Waals surface area contributed by atoms with Crippen LogP contribution in [0.1, 0.15) is 36.8 Å². The first-order valence-electron chi connectivity index (χ1n) is 7.21. The summed E-state index contributed by atoms with van der Waals surface area (Å²) in [5.41, 5.74) is 8.78. The minimum absolute atomic E-state index is 0.332. The van der Waals surface area contributed by atoms with E-state index in [1.807, 2.05) is 0 Å². The van der Waals surface area contributed by atoms with Crippen LogP contribution in [0, 0.1) is 6.92 Å². The summed E-state index contributed by atoms with van der Waals surface area (Å²) in [4.78, 5) is 2.41. The third kappa shape index (κ3) is 3.48. The molecular weight excluding hydrogens is 236 g/mol. The van der Waals surface area contributed by atoms with Gasteiger partial charge >= 0.3 is 0 Å². The predicted octanol–water partition coefficient (Wildman–Crippen LogP) is 2.71. The Labute approximate surface area is 116 Å². The highest BCUT2D eigenvalue weighted by atomic mass is 16.5. The van der Waals surface area contributed by atoms with Gasteiger partial charge in [0.1, 0.15) is 5.75 Å². The van der Waals surface area contributed by atoms with Gasteiger partial charge in [-0.25, -0.2) is 0 Å². The Morgan fingerprint density at radius 2 is 2.05 bits per heavy atom. The Morgan fingerprint density at radius 1 is 1.32 bits per heavy atom. The van der Waals surface area contributed by atoms with E-state index in [4.69, 9.17) is 10.5 Å².